The summed E-state index contributed by atoms with van der Waals surface area (Å²) in [5.74, 6) is -0.551. The second-order valence-electron chi connectivity index (χ2n) is 7.12. The second-order valence-corrected chi connectivity index (χ2v) is 11.6. The molecule has 0 fully saturated rings. The highest BCUT2D eigenvalue weighted by Crippen LogP contribution is 2.64. The summed E-state index contributed by atoms with van der Waals surface area (Å²) in [6.45, 7) is 0. The smallest absolute Gasteiger partial charge is 0.184 e. The van der Waals surface area contributed by atoms with Crippen LogP contribution in [0, 0.1) is 0 Å². The van der Waals surface area contributed by atoms with E-state index >= 15 is 0 Å². The van der Waals surface area contributed by atoms with E-state index in [0.29, 0.717) is 4.90 Å². The molecule has 3 aliphatic carbocycles. The molecule has 2 atom stereocenters. The van der Waals surface area contributed by atoms with E-state index in [1.54, 1.807) is 24.3 Å². The highest BCUT2D eigenvalue weighted by molar-refractivity contribution is 9.10. The summed E-state index contributed by atoms with van der Waals surface area (Å²) in [7, 11) is -3.66. The van der Waals surface area contributed by atoms with Crippen LogP contribution < -0.4 is 0 Å². The molecule has 0 heterocycles. The maximum Gasteiger partial charge on any atom is 0.184 e. The normalized spacial score (nSPS) is 28.4. The fourth-order valence-electron chi connectivity index (χ4n) is 4.72. The Kier molecular flexibility index (Phi) is 3.84. The summed E-state index contributed by atoms with van der Waals surface area (Å²) >= 11 is 10.7. The lowest BCUT2D eigenvalue weighted by Gasteiger charge is -2.52. The lowest BCUT2D eigenvalue weighted by Crippen LogP contribution is -2.54. The third-order valence-electron chi connectivity index (χ3n) is 5.76. The molecule has 3 aromatic carbocycles. The summed E-state index contributed by atoms with van der Waals surface area (Å²) in [5, 5.41) is -0.802. The molecule has 27 heavy (non-hydrogen) atoms. The lowest BCUT2D eigenvalue weighted by atomic mass is 9.63. The predicted octanol–water partition coefficient (Wildman–Crippen LogP) is 5.45. The van der Waals surface area contributed by atoms with Gasteiger partial charge < -0.3 is 0 Å². The van der Waals surface area contributed by atoms with Gasteiger partial charge in [-0.15, -0.1) is 11.6 Å². The van der Waals surface area contributed by atoms with Crippen molar-refractivity contribution in [3.05, 3.63) is 101 Å². The molecule has 2 bridgehead atoms. The Morgan fingerprint density at radius 3 is 1.70 bits per heavy atom. The van der Waals surface area contributed by atoms with Crippen LogP contribution in [0.3, 0.4) is 0 Å². The van der Waals surface area contributed by atoms with Crippen molar-refractivity contribution in [1.82, 2.24) is 0 Å². The van der Waals surface area contributed by atoms with Gasteiger partial charge in [0.1, 0.15) is 9.03 Å². The molecule has 2 nitrogen and oxygen atoms in total. The van der Waals surface area contributed by atoms with Crippen LogP contribution in [0.4, 0.5) is 0 Å². The number of hydrogen-bond donors (Lipinski definition) is 0. The first-order chi connectivity index (χ1) is 12.9. The summed E-state index contributed by atoms with van der Waals surface area (Å²) in [6.07, 6.45) is 0. The van der Waals surface area contributed by atoms with E-state index in [1.165, 1.54) is 0 Å². The zero-order valence-electron chi connectivity index (χ0n) is 14.2. The third-order valence-corrected chi connectivity index (χ3v) is 9.84. The molecule has 6 rings (SSSR count). The predicted molar refractivity (Wildman–Crippen MR) is 111 cm³/mol. The third kappa shape index (κ3) is 2.33. The Labute approximate surface area is 172 Å². The number of hydrogen-bond acceptors (Lipinski definition) is 2. The summed E-state index contributed by atoms with van der Waals surface area (Å²) in [4.78, 5) is 0.307. The second kappa shape index (κ2) is 5.94. The molecule has 3 aromatic rings. The first-order valence-corrected chi connectivity index (χ1v) is 11.5. The highest BCUT2D eigenvalue weighted by atomic mass is 79.9. The average Bonchev–Trinajstić information content (AvgIpc) is 2.68. The van der Waals surface area contributed by atoms with Crippen LogP contribution in [0.25, 0.3) is 0 Å². The number of benzene rings is 3. The van der Waals surface area contributed by atoms with E-state index in [0.717, 1.165) is 22.3 Å². The van der Waals surface area contributed by atoms with Gasteiger partial charge in [0.15, 0.2) is 9.84 Å². The Hall–Kier alpha value is -1.62. The largest absolute Gasteiger partial charge is 0.223 e. The molecule has 0 aliphatic heterocycles. The molecule has 0 saturated heterocycles. The fraction of sp³-hybridized carbons (Fsp3) is 0.182. The maximum atomic E-state index is 13.7. The van der Waals surface area contributed by atoms with Gasteiger partial charge in [-0.25, -0.2) is 8.42 Å². The topological polar surface area (TPSA) is 34.1 Å². The van der Waals surface area contributed by atoms with Crippen LogP contribution in [-0.2, 0) is 9.84 Å². The molecular formula is C22H16BrClO2S. The van der Waals surface area contributed by atoms with Crippen molar-refractivity contribution < 1.29 is 8.42 Å². The number of sulfone groups is 1. The van der Waals surface area contributed by atoms with Crippen molar-refractivity contribution in [2.75, 3.05) is 0 Å². The Morgan fingerprint density at radius 1 is 0.741 bits per heavy atom. The van der Waals surface area contributed by atoms with Crippen LogP contribution in [0.1, 0.15) is 34.1 Å². The van der Waals surface area contributed by atoms with E-state index in [4.69, 9.17) is 11.6 Å². The minimum atomic E-state index is -3.66. The van der Waals surface area contributed by atoms with E-state index in [2.05, 4.69) is 28.1 Å². The van der Waals surface area contributed by atoms with Gasteiger partial charge in [0.05, 0.1) is 4.90 Å². The van der Waals surface area contributed by atoms with Crippen LogP contribution >= 0.6 is 27.5 Å². The summed E-state index contributed by atoms with van der Waals surface area (Å²) in [6, 6.07) is 24.7. The lowest BCUT2D eigenvalue weighted by molar-refractivity contribution is 0.481. The van der Waals surface area contributed by atoms with E-state index in [1.807, 2.05) is 42.5 Å². The van der Waals surface area contributed by atoms with Crippen LogP contribution in [0.5, 0.6) is 0 Å². The molecule has 3 aliphatic rings. The molecule has 5 heteroatoms. The number of rotatable bonds is 2. The first kappa shape index (κ1) is 17.5. The number of alkyl halides is 2. The fourth-order valence-corrected chi connectivity index (χ4v) is 8.96. The molecule has 0 aromatic heterocycles. The summed E-state index contributed by atoms with van der Waals surface area (Å²) in [5.41, 5.74) is 4.32. The minimum absolute atomic E-state index is 0.236. The Balaban J connectivity index is 1.83. The van der Waals surface area contributed by atoms with Crippen molar-refractivity contribution in [2.24, 2.45) is 0 Å². The van der Waals surface area contributed by atoms with E-state index in [9.17, 15) is 8.42 Å². The molecular weight excluding hydrogens is 444 g/mol. The zero-order valence-corrected chi connectivity index (χ0v) is 17.4. The Morgan fingerprint density at radius 2 is 1.19 bits per heavy atom. The van der Waals surface area contributed by atoms with Crippen LogP contribution in [0.15, 0.2) is 83.8 Å². The van der Waals surface area contributed by atoms with Crippen molar-refractivity contribution in [3.8, 4) is 0 Å². The molecule has 0 radical (unpaired) electrons. The van der Waals surface area contributed by atoms with Crippen LogP contribution in [-0.4, -0.2) is 17.5 Å². The molecule has 0 unspecified atom stereocenters. The molecule has 0 amide bonds. The number of halogens is 2. The first-order valence-electron chi connectivity index (χ1n) is 8.78. The zero-order chi connectivity index (χ0) is 18.8. The van der Waals surface area contributed by atoms with Crippen molar-refractivity contribution in [1.29, 1.82) is 0 Å². The van der Waals surface area contributed by atoms with Crippen molar-refractivity contribution in [3.63, 3.8) is 0 Å². The SMILES string of the molecule is O=S(=O)(c1ccccc1)[C@@H]1C2c3ccccc3C(c3ccccc32)[C@@]1(Cl)Br. The minimum Gasteiger partial charge on any atom is -0.223 e. The van der Waals surface area contributed by atoms with Gasteiger partial charge in [-0.3, -0.25) is 0 Å². The van der Waals surface area contributed by atoms with Gasteiger partial charge in [0, 0.05) is 11.8 Å². The average molecular weight is 460 g/mol. The standard InChI is InChI=1S/C22H16BrClO2S/c23-22(24)20-17-12-6-4-10-15(17)19(16-11-5-7-13-18(16)20)21(22)27(25,26)14-8-2-1-3-9-14/h1-13,19-21H/t19?,20?,21-,22+/m1/s1. The van der Waals surface area contributed by atoms with Gasteiger partial charge >= 0.3 is 0 Å². The molecule has 0 spiro atoms. The van der Waals surface area contributed by atoms with Crippen molar-refractivity contribution in [2.45, 2.75) is 25.8 Å². The Bertz CT molecular complexity index is 1090. The van der Waals surface area contributed by atoms with Crippen molar-refractivity contribution >= 4 is 37.4 Å². The van der Waals surface area contributed by atoms with Gasteiger partial charge in [-0.1, -0.05) is 82.7 Å². The van der Waals surface area contributed by atoms with Gasteiger partial charge in [-0.2, -0.15) is 0 Å². The van der Waals surface area contributed by atoms with E-state index < -0.39 is 18.9 Å². The monoisotopic (exact) mass is 458 g/mol. The van der Waals surface area contributed by atoms with Gasteiger partial charge in [0.2, 0.25) is 0 Å². The molecule has 0 N–H and O–H groups in total. The highest BCUT2D eigenvalue weighted by Gasteiger charge is 2.62. The summed E-state index contributed by atoms with van der Waals surface area (Å²) < 4.78 is 26.3. The van der Waals surface area contributed by atoms with Crippen LogP contribution in [0.2, 0.25) is 0 Å². The maximum absolute atomic E-state index is 13.7. The van der Waals surface area contributed by atoms with Gasteiger partial charge in [0.25, 0.3) is 0 Å². The molecule has 0 saturated carbocycles. The number of fused-ring (bicyclic) bond motifs is 1. The van der Waals surface area contributed by atoms with E-state index in [-0.39, 0.29) is 11.8 Å². The molecule has 136 valence electrons. The van der Waals surface area contributed by atoms with Gasteiger partial charge in [-0.05, 0) is 34.4 Å². The quantitative estimate of drug-likeness (QED) is 0.478.